The van der Waals surface area contributed by atoms with Gasteiger partial charge in [0.15, 0.2) is 5.69 Å². The summed E-state index contributed by atoms with van der Waals surface area (Å²) in [4.78, 5) is 12.8. The summed E-state index contributed by atoms with van der Waals surface area (Å²) in [7, 11) is 0. The van der Waals surface area contributed by atoms with Crippen molar-refractivity contribution in [3.8, 4) is 0 Å². The summed E-state index contributed by atoms with van der Waals surface area (Å²) in [5.41, 5.74) is -3.35. The second-order valence-electron chi connectivity index (χ2n) is 9.98. The highest BCUT2D eigenvalue weighted by atomic mass is 19.4. The zero-order chi connectivity index (χ0) is 21.9. The van der Waals surface area contributed by atoms with Crippen molar-refractivity contribution in [2.24, 2.45) is 23.2 Å². The van der Waals surface area contributed by atoms with Gasteiger partial charge in [0, 0.05) is 17.7 Å². The van der Waals surface area contributed by atoms with Crippen LogP contribution in [0.5, 0.6) is 0 Å². The number of carbonyl (C=O) groups is 1. The van der Waals surface area contributed by atoms with Gasteiger partial charge in [-0.2, -0.15) is 18.3 Å². The predicted octanol–water partition coefficient (Wildman–Crippen LogP) is 4.04. The largest absolute Gasteiger partial charge is 0.434 e. The van der Waals surface area contributed by atoms with E-state index in [9.17, 15) is 27.5 Å². The fourth-order valence-corrected chi connectivity index (χ4v) is 5.69. The zero-order valence-electron chi connectivity index (χ0n) is 17.0. The van der Waals surface area contributed by atoms with Crippen molar-refractivity contribution in [3.05, 3.63) is 23.5 Å². The summed E-state index contributed by atoms with van der Waals surface area (Å²) in [6.45, 7) is 2.36. The number of hydrogen-bond donors (Lipinski definition) is 2. The van der Waals surface area contributed by atoms with E-state index in [2.05, 4.69) is 10.4 Å². The Morgan fingerprint density at radius 2 is 1.93 bits per heavy atom. The van der Waals surface area contributed by atoms with Crippen molar-refractivity contribution in [1.82, 2.24) is 15.1 Å². The maximum Gasteiger partial charge on any atom is 0.434 e. The van der Waals surface area contributed by atoms with E-state index < -0.39 is 41.0 Å². The SMILES string of the molecule is CC(C)(C=Cn1ncc(C(=O)NC2C3CC4CC2CC(O)(C4)C3)c1C(F)(F)F)CF. The third kappa shape index (κ3) is 3.88. The molecule has 4 fully saturated rings. The number of halogens is 4. The minimum Gasteiger partial charge on any atom is -0.390 e. The lowest BCUT2D eigenvalue weighted by Gasteiger charge is -2.58. The van der Waals surface area contributed by atoms with E-state index in [1.807, 2.05) is 0 Å². The van der Waals surface area contributed by atoms with Crippen LogP contribution in [0.3, 0.4) is 0 Å². The molecule has 0 aromatic carbocycles. The number of alkyl halides is 4. The molecule has 4 bridgehead atoms. The lowest BCUT2D eigenvalue weighted by atomic mass is 9.52. The number of nitrogens with one attached hydrogen (secondary N) is 1. The zero-order valence-corrected chi connectivity index (χ0v) is 17.0. The van der Waals surface area contributed by atoms with Crippen molar-refractivity contribution < 1.29 is 27.5 Å². The van der Waals surface area contributed by atoms with Crippen molar-refractivity contribution in [2.75, 3.05) is 6.67 Å². The second kappa shape index (κ2) is 7.07. The number of rotatable bonds is 5. The summed E-state index contributed by atoms with van der Waals surface area (Å²) in [6.07, 6.45) is 2.18. The summed E-state index contributed by atoms with van der Waals surface area (Å²) in [5.74, 6) is -0.214. The predicted molar refractivity (Wildman–Crippen MR) is 102 cm³/mol. The third-order valence-corrected chi connectivity index (χ3v) is 6.86. The van der Waals surface area contributed by atoms with Crippen LogP contribution in [0.1, 0.15) is 62.0 Å². The highest BCUT2D eigenvalue weighted by Gasteiger charge is 2.55. The Hall–Kier alpha value is -1.90. The minimum absolute atomic E-state index is 0.0832. The lowest BCUT2D eigenvalue weighted by Crippen LogP contribution is -2.61. The van der Waals surface area contributed by atoms with Gasteiger partial charge in [-0.25, -0.2) is 4.68 Å². The number of amides is 1. The molecule has 5 rings (SSSR count). The third-order valence-electron chi connectivity index (χ3n) is 6.86. The van der Waals surface area contributed by atoms with Crippen LogP contribution in [-0.2, 0) is 6.18 Å². The van der Waals surface area contributed by atoms with Crippen molar-refractivity contribution in [1.29, 1.82) is 0 Å². The van der Waals surface area contributed by atoms with E-state index in [0.717, 1.165) is 31.7 Å². The summed E-state index contributed by atoms with van der Waals surface area (Å²) in [5, 5.41) is 17.2. The Balaban J connectivity index is 1.57. The molecule has 1 aromatic rings. The van der Waals surface area contributed by atoms with Crippen molar-refractivity contribution in [2.45, 2.75) is 63.8 Å². The van der Waals surface area contributed by atoms with Gasteiger partial charge in [0.2, 0.25) is 0 Å². The standard InChI is InChI=1S/C21H27F4N3O2/c1-19(2,11-22)3-4-28-17(21(23,24)25)15(10-26-28)18(29)27-16-13-5-12-6-14(16)9-20(30,7-12)8-13/h3-4,10,12-14,16,30H,5-9,11H2,1-2H3,(H,27,29). The molecule has 2 atom stereocenters. The van der Waals surface area contributed by atoms with Crippen LogP contribution in [-0.4, -0.2) is 39.1 Å². The van der Waals surface area contributed by atoms with Gasteiger partial charge in [-0.3, -0.25) is 9.18 Å². The number of aliphatic hydroxyl groups is 1. The Morgan fingerprint density at radius 3 is 2.47 bits per heavy atom. The number of aromatic nitrogens is 2. The van der Waals surface area contributed by atoms with Gasteiger partial charge >= 0.3 is 6.18 Å². The van der Waals surface area contributed by atoms with Crippen molar-refractivity contribution >= 4 is 12.1 Å². The fourth-order valence-electron chi connectivity index (χ4n) is 5.69. The maximum atomic E-state index is 13.7. The molecule has 4 saturated carbocycles. The van der Waals surface area contributed by atoms with Gasteiger partial charge < -0.3 is 10.4 Å². The smallest absolute Gasteiger partial charge is 0.390 e. The van der Waals surface area contributed by atoms with Crippen LogP contribution in [0, 0.1) is 23.2 Å². The van der Waals surface area contributed by atoms with E-state index in [0.29, 0.717) is 23.4 Å². The molecule has 0 spiro atoms. The molecule has 1 aromatic heterocycles. The van der Waals surface area contributed by atoms with Crippen LogP contribution in [0.15, 0.2) is 12.3 Å². The summed E-state index contributed by atoms with van der Waals surface area (Å²) in [6, 6.07) is -0.236. The monoisotopic (exact) mass is 429 g/mol. The molecule has 4 aliphatic carbocycles. The molecule has 0 aliphatic heterocycles. The first-order valence-corrected chi connectivity index (χ1v) is 10.3. The lowest BCUT2D eigenvalue weighted by molar-refractivity contribution is -0.143. The second-order valence-corrected chi connectivity index (χ2v) is 9.98. The summed E-state index contributed by atoms with van der Waals surface area (Å²) < 4.78 is 54.8. The average Bonchev–Trinajstić information content (AvgIpc) is 3.06. The normalized spacial score (nSPS) is 33.4. The van der Waals surface area contributed by atoms with E-state index in [4.69, 9.17) is 0 Å². The Kier molecular flexibility index (Phi) is 5.03. The van der Waals surface area contributed by atoms with Gasteiger partial charge in [0.25, 0.3) is 5.91 Å². The molecular weight excluding hydrogens is 402 g/mol. The maximum absolute atomic E-state index is 13.7. The topological polar surface area (TPSA) is 67.2 Å². The number of hydrogen-bond acceptors (Lipinski definition) is 3. The molecular formula is C21H27F4N3O2. The summed E-state index contributed by atoms with van der Waals surface area (Å²) >= 11 is 0. The first-order valence-electron chi connectivity index (χ1n) is 10.3. The molecule has 166 valence electrons. The molecule has 5 nitrogen and oxygen atoms in total. The van der Waals surface area contributed by atoms with Crippen LogP contribution in [0.2, 0.25) is 0 Å². The Bertz CT molecular complexity index is 845. The molecule has 0 saturated heterocycles. The molecule has 0 radical (unpaired) electrons. The highest BCUT2D eigenvalue weighted by molar-refractivity contribution is 5.95. The molecule has 1 heterocycles. The average molecular weight is 429 g/mol. The Morgan fingerprint density at radius 1 is 1.30 bits per heavy atom. The number of carbonyl (C=O) groups excluding carboxylic acids is 1. The van der Waals surface area contributed by atoms with E-state index >= 15 is 0 Å². The quantitative estimate of drug-likeness (QED) is 0.695. The molecule has 30 heavy (non-hydrogen) atoms. The van der Waals surface area contributed by atoms with Crippen LogP contribution >= 0.6 is 0 Å². The van der Waals surface area contributed by atoms with Crippen molar-refractivity contribution in [3.63, 3.8) is 0 Å². The minimum atomic E-state index is -4.80. The van der Waals surface area contributed by atoms with Gasteiger partial charge in [-0.1, -0.05) is 19.9 Å². The van der Waals surface area contributed by atoms with E-state index in [1.54, 1.807) is 13.8 Å². The molecule has 1 amide bonds. The number of nitrogens with zero attached hydrogens (tertiary/aromatic N) is 2. The molecule has 2 unspecified atom stereocenters. The van der Waals surface area contributed by atoms with Crippen LogP contribution in [0.25, 0.3) is 6.20 Å². The van der Waals surface area contributed by atoms with Crippen LogP contribution < -0.4 is 5.32 Å². The van der Waals surface area contributed by atoms with E-state index in [1.165, 1.54) is 6.08 Å². The fraction of sp³-hybridized carbons (Fsp3) is 0.714. The van der Waals surface area contributed by atoms with E-state index in [-0.39, 0.29) is 17.9 Å². The molecule has 2 N–H and O–H groups in total. The highest BCUT2D eigenvalue weighted by Crippen LogP contribution is 2.55. The molecule has 9 heteroatoms. The Labute approximate surface area is 172 Å². The number of allylic oxidation sites excluding steroid dienone is 1. The first-order chi connectivity index (χ1) is 13.9. The van der Waals surface area contributed by atoms with Crippen LogP contribution in [0.4, 0.5) is 17.6 Å². The molecule has 4 aliphatic rings. The van der Waals surface area contributed by atoms with Gasteiger partial charge in [0.05, 0.1) is 24.0 Å². The first kappa shape index (κ1) is 21.3. The van der Waals surface area contributed by atoms with Gasteiger partial charge in [0.1, 0.15) is 0 Å². The van der Waals surface area contributed by atoms with Gasteiger partial charge in [-0.05, 0) is 49.9 Å². The van der Waals surface area contributed by atoms with Gasteiger partial charge in [-0.15, -0.1) is 0 Å².